The van der Waals surface area contributed by atoms with Crippen molar-refractivity contribution in [2.75, 3.05) is 13.2 Å². The van der Waals surface area contributed by atoms with E-state index in [1.165, 1.54) is 0 Å². The molecule has 10 atom stereocenters. The Kier molecular flexibility index (Phi) is 13.4. The third-order valence-electron chi connectivity index (χ3n) is 5.96. The highest BCUT2D eigenvalue weighted by Gasteiger charge is 2.57. The van der Waals surface area contributed by atoms with Crippen molar-refractivity contribution < 1.29 is 80.9 Å². The Bertz CT molecular complexity index is 1090. The van der Waals surface area contributed by atoms with Crippen molar-refractivity contribution in [3.63, 3.8) is 0 Å². The maximum absolute atomic E-state index is 12.2. The molecule has 0 aromatic carbocycles. The van der Waals surface area contributed by atoms with Gasteiger partial charge in [0.2, 0.25) is 0 Å². The van der Waals surface area contributed by atoms with Gasteiger partial charge in [0.1, 0.15) is 37.8 Å². The van der Waals surface area contributed by atoms with Crippen molar-refractivity contribution in [3.8, 4) is 0 Å². The molecule has 2 aliphatic heterocycles. The van der Waals surface area contributed by atoms with Crippen LogP contribution < -0.4 is 5.73 Å². The van der Waals surface area contributed by atoms with E-state index in [1.807, 2.05) is 0 Å². The van der Waals surface area contributed by atoms with Crippen LogP contribution in [0.15, 0.2) is 0 Å². The summed E-state index contributed by atoms with van der Waals surface area (Å²) < 4.78 is 54.8. The molecule has 0 aromatic heterocycles. The summed E-state index contributed by atoms with van der Waals surface area (Å²) in [6.07, 6.45) is -15.1. The quantitative estimate of drug-likeness (QED) is 0.202. The van der Waals surface area contributed by atoms with Crippen molar-refractivity contribution in [2.24, 2.45) is 5.73 Å². The zero-order valence-corrected chi connectivity index (χ0v) is 25.2. The molecule has 2 rings (SSSR count). The molecule has 18 nitrogen and oxygen atoms in total. The van der Waals surface area contributed by atoms with Gasteiger partial charge < -0.3 is 53.1 Å². The third-order valence-corrected chi connectivity index (χ3v) is 5.96. The second-order valence-corrected chi connectivity index (χ2v) is 9.76. The first-order valence-electron chi connectivity index (χ1n) is 13.3. The van der Waals surface area contributed by atoms with Crippen LogP contribution in [0.4, 0.5) is 0 Å². The van der Waals surface area contributed by atoms with Gasteiger partial charge in [-0.05, 0) is 0 Å². The fraction of sp³-hybridized carbons (Fsp3) is 0.731. The van der Waals surface area contributed by atoms with Gasteiger partial charge in [0.15, 0.2) is 36.8 Å². The highest BCUT2D eigenvalue weighted by atomic mass is 16.8. The largest absolute Gasteiger partial charge is 0.463 e. The van der Waals surface area contributed by atoms with Gasteiger partial charge in [-0.1, -0.05) is 0 Å². The molecule has 2 fully saturated rings. The van der Waals surface area contributed by atoms with E-state index in [0.29, 0.717) is 0 Å². The van der Waals surface area contributed by atoms with Gasteiger partial charge in [-0.2, -0.15) is 0 Å². The van der Waals surface area contributed by atoms with E-state index in [4.69, 9.17) is 53.1 Å². The zero-order valence-electron chi connectivity index (χ0n) is 25.2. The Labute approximate surface area is 251 Å². The Hall–Kier alpha value is -3.87. The van der Waals surface area contributed by atoms with Crippen LogP contribution in [0, 0.1) is 0 Å². The highest BCUT2D eigenvalue weighted by molar-refractivity contribution is 5.69. The van der Waals surface area contributed by atoms with Crippen LogP contribution in [0.5, 0.6) is 0 Å². The Morgan fingerprint density at radius 1 is 0.477 bits per heavy atom. The molecule has 0 aliphatic carbocycles. The lowest BCUT2D eigenvalue weighted by Gasteiger charge is -2.48. The van der Waals surface area contributed by atoms with Crippen molar-refractivity contribution in [2.45, 2.75) is 110 Å². The number of nitrogens with two attached hydrogens (primary N) is 1. The lowest BCUT2D eigenvalue weighted by atomic mass is 9.95. The minimum absolute atomic E-state index is 0.510. The van der Waals surface area contributed by atoms with Crippen LogP contribution >= 0.6 is 0 Å². The van der Waals surface area contributed by atoms with E-state index >= 15 is 0 Å². The van der Waals surface area contributed by atoms with Crippen molar-refractivity contribution >= 4 is 41.8 Å². The first-order chi connectivity index (χ1) is 20.5. The first kappa shape index (κ1) is 36.3. The number of carbonyl (C=O) groups is 7. The van der Waals surface area contributed by atoms with E-state index in [1.54, 1.807) is 0 Å². The molecule has 0 aromatic rings. The van der Waals surface area contributed by atoms with Crippen LogP contribution in [-0.4, -0.2) is 116 Å². The number of hydrogen-bond acceptors (Lipinski definition) is 18. The third kappa shape index (κ3) is 10.7. The predicted molar refractivity (Wildman–Crippen MR) is 137 cm³/mol. The molecule has 2 saturated heterocycles. The molecule has 0 amide bonds. The van der Waals surface area contributed by atoms with Crippen LogP contribution in [0.3, 0.4) is 0 Å². The fourth-order valence-corrected chi connectivity index (χ4v) is 4.55. The molecular weight excluding hydrogens is 598 g/mol. The topological polar surface area (TPSA) is 238 Å². The van der Waals surface area contributed by atoms with E-state index in [0.717, 1.165) is 48.5 Å². The standard InChI is InChI=1S/C26H37NO17/c1-10(28)35-8-17-20(21(38-13(4)31)23(25(27)42-17)40-15(6)33)44-26-24(41-16(7)34)22(39-14(5)32)19(37-12(3)30)18(43-26)9-36-11(2)29/h17-26H,8-9,27H2,1-7H3. The smallest absolute Gasteiger partial charge is 0.303 e. The molecule has 248 valence electrons. The zero-order chi connectivity index (χ0) is 33.3. The van der Waals surface area contributed by atoms with Gasteiger partial charge in [0.05, 0.1) is 0 Å². The van der Waals surface area contributed by atoms with E-state index in [-0.39, 0.29) is 0 Å². The molecule has 0 spiro atoms. The monoisotopic (exact) mass is 635 g/mol. The summed E-state index contributed by atoms with van der Waals surface area (Å²) in [4.78, 5) is 83.6. The lowest BCUT2D eigenvalue weighted by Crippen LogP contribution is -2.68. The molecule has 2 aliphatic rings. The highest BCUT2D eigenvalue weighted by Crippen LogP contribution is 2.34. The van der Waals surface area contributed by atoms with Gasteiger partial charge in [0.25, 0.3) is 0 Å². The molecule has 0 radical (unpaired) electrons. The Morgan fingerprint density at radius 2 is 0.841 bits per heavy atom. The van der Waals surface area contributed by atoms with Gasteiger partial charge in [-0.25, -0.2) is 0 Å². The minimum Gasteiger partial charge on any atom is -0.463 e. The molecule has 0 saturated carbocycles. The molecule has 2 heterocycles. The van der Waals surface area contributed by atoms with Crippen LogP contribution in [-0.2, 0) is 80.9 Å². The summed E-state index contributed by atoms with van der Waals surface area (Å²) in [5, 5.41) is 0. The average Bonchev–Trinajstić information content (AvgIpc) is 2.87. The Morgan fingerprint density at radius 3 is 1.27 bits per heavy atom. The molecule has 0 bridgehead atoms. The maximum Gasteiger partial charge on any atom is 0.303 e. The molecular formula is C26H37NO17. The van der Waals surface area contributed by atoms with Crippen molar-refractivity contribution in [1.82, 2.24) is 0 Å². The Balaban J connectivity index is 2.66. The maximum atomic E-state index is 12.2. The van der Waals surface area contributed by atoms with Gasteiger partial charge in [-0.15, -0.1) is 0 Å². The number of ether oxygens (including phenoxy) is 10. The van der Waals surface area contributed by atoms with Crippen LogP contribution in [0.2, 0.25) is 0 Å². The number of hydrogen-bond donors (Lipinski definition) is 1. The normalized spacial score (nSPS) is 31.5. The average molecular weight is 636 g/mol. The summed E-state index contributed by atoms with van der Waals surface area (Å²) in [5.41, 5.74) is 6.07. The first-order valence-corrected chi connectivity index (χ1v) is 13.3. The molecule has 18 heteroatoms. The SMILES string of the molecule is CC(=O)OCC1OC(N)C(OC(C)=O)C(OC(C)=O)C1OC1OC(COC(C)=O)C(OC(C)=O)C(OC(C)=O)C1OC(C)=O. The lowest BCUT2D eigenvalue weighted by molar-refractivity contribution is -0.344. The van der Waals surface area contributed by atoms with E-state index in [2.05, 4.69) is 0 Å². The summed E-state index contributed by atoms with van der Waals surface area (Å²) in [6.45, 7) is 6.39. The number of esters is 7. The van der Waals surface area contributed by atoms with Crippen molar-refractivity contribution in [1.29, 1.82) is 0 Å². The van der Waals surface area contributed by atoms with Crippen LogP contribution in [0.25, 0.3) is 0 Å². The second-order valence-electron chi connectivity index (χ2n) is 9.76. The summed E-state index contributed by atoms with van der Waals surface area (Å²) in [5.74, 6) is -5.79. The van der Waals surface area contributed by atoms with E-state index in [9.17, 15) is 33.6 Å². The number of rotatable bonds is 11. The predicted octanol–water partition coefficient (Wildman–Crippen LogP) is -1.44. The summed E-state index contributed by atoms with van der Waals surface area (Å²) in [6, 6.07) is 0. The van der Waals surface area contributed by atoms with E-state index < -0.39 is 116 Å². The molecule has 44 heavy (non-hydrogen) atoms. The van der Waals surface area contributed by atoms with Gasteiger partial charge in [-0.3, -0.25) is 33.6 Å². The van der Waals surface area contributed by atoms with Gasteiger partial charge >= 0.3 is 41.8 Å². The summed E-state index contributed by atoms with van der Waals surface area (Å²) in [7, 11) is 0. The van der Waals surface area contributed by atoms with Crippen LogP contribution in [0.1, 0.15) is 48.5 Å². The molecule has 2 N–H and O–H groups in total. The minimum atomic E-state index is -1.76. The fourth-order valence-electron chi connectivity index (χ4n) is 4.55. The van der Waals surface area contributed by atoms with Gasteiger partial charge in [0, 0.05) is 48.5 Å². The second kappa shape index (κ2) is 16.3. The number of carbonyl (C=O) groups excluding carboxylic acids is 7. The molecule has 10 unspecified atom stereocenters. The summed E-state index contributed by atoms with van der Waals surface area (Å²) >= 11 is 0. The van der Waals surface area contributed by atoms with Crippen molar-refractivity contribution in [3.05, 3.63) is 0 Å².